The molecule has 1 amide bonds. The van der Waals surface area contributed by atoms with Crippen LogP contribution in [0.1, 0.15) is 50.6 Å². The molecule has 0 aliphatic heterocycles. The van der Waals surface area contributed by atoms with Crippen molar-refractivity contribution in [2.24, 2.45) is 17.3 Å². The largest absolute Gasteiger partial charge is 0.356 e. The molecule has 0 spiro atoms. The summed E-state index contributed by atoms with van der Waals surface area (Å²) in [5.74, 6) is 1.90. The standard InChI is InChI=1S/C21H26BrN3O/c22-21-10-15-7-16(11-21)9-20(8-15,14-21)12-19(26)23-5-4-17-13-25-6-2-1-3-18(25)24-17/h1-3,6,13,15-16H,4-5,7-12,14H2,(H,23,26). The van der Waals surface area contributed by atoms with E-state index in [2.05, 4.69) is 32.4 Å². The Morgan fingerprint density at radius 2 is 2.08 bits per heavy atom. The van der Waals surface area contributed by atoms with E-state index in [9.17, 15) is 4.79 Å². The average molecular weight is 416 g/mol. The second-order valence-corrected chi connectivity index (χ2v) is 10.8. The molecule has 1 N–H and O–H groups in total. The normalized spacial score (nSPS) is 35.1. The Morgan fingerprint density at radius 3 is 2.81 bits per heavy atom. The highest BCUT2D eigenvalue weighted by Gasteiger charge is 2.57. The number of hydrogen-bond donors (Lipinski definition) is 1. The number of alkyl halides is 1. The number of nitrogens with one attached hydrogen (secondary N) is 1. The molecule has 26 heavy (non-hydrogen) atoms. The van der Waals surface area contributed by atoms with Gasteiger partial charge in [0, 0.05) is 36.1 Å². The molecule has 0 saturated heterocycles. The summed E-state index contributed by atoms with van der Waals surface area (Å²) in [6.45, 7) is 0.672. The van der Waals surface area contributed by atoms with Gasteiger partial charge in [-0.15, -0.1) is 0 Å². The number of carbonyl (C=O) groups is 1. The Balaban J connectivity index is 1.18. The van der Waals surface area contributed by atoms with E-state index in [1.54, 1.807) is 0 Å². The monoisotopic (exact) mass is 415 g/mol. The van der Waals surface area contributed by atoms with E-state index in [1.807, 2.05) is 28.8 Å². The van der Waals surface area contributed by atoms with Crippen LogP contribution in [0.15, 0.2) is 30.6 Å². The van der Waals surface area contributed by atoms with Gasteiger partial charge in [0.1, 0.15) is 5.65 Å². The van der Waals surface area contributed by atoms with E-state index < -0.39 is 0 Å². The third-order valence-corrected chi connectivity index (χ3v) is 7.69. The number of pyridine rings is 1. The van der Waals surface area contributed by atoms with Crippen LogP contribution < -0.4 is 5.32 Å². The maximum atomic E-state index is 12.6. The molecule has 2 unspecified atom stereocenters. The lowest BCUT2D eigenvalue weighted by Crippen LogP contribution is -2.54. The van der Waals surface area contributed by atoms with E-state index >= 15 is 0 Å². The van der Waals surface area contributed by atoms with Crippen molar-refractivity contribution in [3.63, 3.8) is 0 Å². The van der Waals surface area contributed by atoms with Gasteiger partial charge in [0.25, 0.3) is 0 Å². The fourth-order valence-corrected chi connectivity index (χ4v) is 7.89. The predicted molar refractivity (Wildman–Crippen MR) is 105 cm³/mol. The number of fused-ring (bicyclic) bond motifs is 1. The van der Waals surface area contributed by atoms with Crippen molar-refractivity contribution in [3.8, 4) is 0 Å². The van der Waals surface area contributed by atoms with Crippen LogP contribution in [-0.2, 0) is 11.2 Å². The van der Waals surface area contributed by atoms with Gasteiger partial charge in [0.15, 0.2) is 0 Å². The molecular weight excluding hydrogens is 390 g/mol. The Bertz CT molecular complexity index is 798. The van der Waals surface area contributed by atoms with Gasteiger partial charge in [-0.05, 0) is 67.9 Å². The molecule has 4 aliphatic rings. The number of amides is 1. The molecule has 4 aliphatic carbocycles. The van der Waals surface area contributed by atoms with Crippen molar-refractivity contribution in [1.29, 1.82) is 0 Å². The number of rotatable bonds is 5. The van der Waals surface area contributed by atoms with Gasteiger partial charge in [0.2, 0.25) is 5.91 Å². The Labute approximate surface area is 162 Å². The lowest BCUT2D eigenvalue weighted by Gasteiger charge is -2.60. The van der Waals surface area contributed by atoms with Crippen LogP contribution in [0.25, 0.3) is 5.65 Å². The van der Waals surface area contributed by atoms with Gasteiger partial charge < -0.3 is 9.72 Å². The molecule has 0 aromatic carbocycles. The summed E-state index contributed by atoms with van der Waals surface area (Å²) in [5, 5.41) is 3.16. The van der Waals surface area contributed by atoms with E-state index in [4.69, 9.17) is 0 Å². The van der Waals surface area contributed by atoms with Crippen LogP contribution in [0.3, 0.4) is 0 Å². The van der Waals surface area contributed by atoms with Crippen LogP contribution in [0.5, 0.6) is 0 Å². The van der Waals surface area contributed by atoms with Crippen molar-refractivity contribution in [2.75, 3.05) is 6.54 Å². The highest BCUT2D eigenvalue weighted by molar-refractivity contribution is 9.10. The smallest absolute Gasteiger partial charge is 0.220 e. The summed E-state index contributed by atoms with van der Waals surface area (Å²) in [6, 6.07) is 6.00. The molecule has 2 aromatic heterocycles. The van der Waals surface area contributed by atoms with Crippen LogP contribution in [0, 0.1) is 17.3 Å². The van der Waals surface area contributed by atoms with Crippen molar-refractivity contribution in [2.45, 2.75) is 55.7 Å². The van der Waals surface area contributed by atoms with Crippen LogP contribution in [0.4, 0.5) is 0 Å². The number of nitrogens with zero attached hydrogens (tertiary/aromatic N) is 2. The third kappa shape index (κ3) is 3.08. The minimum absolute atomic E-state index is 0.229. The van der Waals surface area contributed by atoms with Gasteiger partial charge >= 0.3 is 0 Å². The number of halogens is 1. The average Bonchev–Trinajstić information content (AvgIpc) is 2.94. The van der Waals surface area contributed by atoms with Crippen molar-refractivity contribution < 1.29 is 4.79 Å². The fourth-order valence-electron chi connectivity index (χ4n) is 6.38. The molecule has 4 fully saturated rings. The highest BCUT2D eigenvalue weighted by atomic mass is 79.9. The first-order valence-corrected chi connectivity index (χ1v) is 10.7. The van der Waals surface area contributed by atoms with Crippen LogP contribution in [-0.4, -0.2) is 26.2 Å². The molecule has 4 bridgehead atoms. The second-order valence-electron chi connectivity index (χ2n) is 9.09. The van der Waals surface area contributed by atoms with Gasteiger partial charge in [-0.3, -0.25) is 4.79 Å². The Morgan fingerprint density at radius 1 is 1.27 bits per heavy atom. The first kappa shape index (κ1) is 16.8. The van der Waals surface area contributed by atoms with E-state index in [1.165, 1.54) is 38.5 Å². The third-order valence-electron chi connectivity index (χ3n) is 6.76. The Hall–Kier alpha value is -1.36. The van der Waals surface area contributed by atoms with Gasteiger partial charge in [-0.1, -0.05) is 22.0 Å². The van der Waals surface area contributed by atoms with Crippen molar-refractivity contribution >= 4 is 27.5 Å². The first-order valence-electron chi connectivity index (χ1n) is 9.89. The molecule has 4 saturated carbocycles. The molecule has 6 rings (SSSR count). The lowest BCUT2D eigenvalue weighted by atomic mass is 9.48. The predicted octanol–water partition coefficient (Wildman–Crippen LogP) is 4.12. The molecule has 2 atom stereocenters. The molecule has 2 heterocycles. The van der Waals surface area contributed by atoms with E-state index in [0.717, 1.165) is 29.6 Å². The summed E-state index contributed by atoms with van der Waals surface area (Å²) in [4.78, 5) is 17.2. The fraction of sp³-hybridized carbons (Fsp3) is 0.619. The molecule has 2 aromatic rings. The summed E-state index contributed by atoms with van der Waals surface area (Å²) in [5.41, 5.74) is 2.25. The minimum Gasteiger partial charge on any atom is -0.356 e. The maximum absolute atomic E-state index is 12.6. The van der Waals surface area contributed by atoms with Crippen molar-refractivity contribution in [3.05, 3.63) is 36.3 Å². The highest BCUT2D eigenvalue weighted by Crippen LogP contribution is 2.65. The first-order chi connectivity index (χ1) is 12.5. The van der Waals surface area contributed by atoms with Gasteiger partial charge in [-0.25, -0.2) is 4.98 Å². The number of hydrogen-bond acceptors (Lipinski definition) is 2. The van der Waals surface area contributed by atoms with Crippen molar-refractivity contribution in [1.82, 2.24) is 14.7 Å². The number of aromatic nitrogens is 2. The molecule has 4 nitrogen and oxygen atoms in total. The quantitative estimate of drug-likeness (QED) is 0.746. The zero-order valence-electron chi connectivity index (χ0n) is 15.1. The Kier molecular flexibility index (Phi) is 3.93. The van der Waals surface area contributed by atoms with Gasteiger partial charge in [-0.2, -0.15) is 0 Å². The zero-order valence-corrected chi connectivity index (χ0v) is 16.7. The number of carbonyl (C=O) groups excluding carboxylic acids is 1. The van der Waals surface area contributed by atoms with Crippen LogP contribution in [0.2, 0.25) is 0 Å². The lowest BCUT2D eigenvalue weighted by molar-refractivity contribution is -0.128. The summed E-state index contributed by atoms with van der Waals surface area (Å²) < 4.78 is 2.36. The van der Waals surface area contributed by atoms with Crippen LogP contribution >= 0.6 is 15.9 Å². The maximum Gasteiger partial charge on any atom is 0.220 e. The zero-order chi connectivity index (χ0) is 17.8. The molecule has 138 valence electrons. The second kappa shape index (κ2) is 6.08. The topological polar surface area (TPSA) is 46.4 Å². The van der Waals surface area contributed by atoms with Gasteiger partial charge in [0.05, 0.1) is 5.69 Å². The molecular formula is C21H26BrN3O. The summed E-state index contributed by atoms with van der Waals surface area (Å²) in [6.07, 6.45) is 13.3. The number of imidazole rings is 1. The molecule has 0 radical (unpaired) electrons. The van der Waals surface area contributed by atoms with E-state index in [-0.39, 0.29) is 11.3 Å². The van der Waals surface area contributed by atoms with E-state index in [0.29, 0.717) is 17.3 Å². The summed E-state index contributed by atoms with van der Waals surface area (Å²) in [7, 11) is 0. The molecule has 5 heteroatoms. The SMILES string of the molecule is O=C(CC12CC3CC(CC(Br)(C3)C1)C2)NCCc1cn2ccccc2n1. The summed E-state index contributed by atoms with van der Waals surface area (Å²) >= 11 is 4.04. The minimum atomic E-state index is 0.229.